The molecule has 0 bridgehead atoms. The lowest BCUT2D eigenvalue weighted by Crippen LogP contribution is -2.03. The fourth-order valence-corrected chi connectivity index (χ4v) is 2.74. The Morgan fingerprint density at radius 2 is 2.15 bits per heavy atom. The predicted octanol–water partition coefficient (Wildman–Crippen LogP) is 3.72. The molecule has 1 aliphatic carbocycles. The van der Waals surface area contributed by atoms with Crippen molar-refractivity contribution in [2.24, 2.45) is 5.92 Å². The summed E-state index contributed by atoms with van der Waals surface area (Å²) in [6.07, 6.45) is 4.27. The van der Waals surface area contributed by atoms with Crippen molar-refractivity contribution in [3.8, 4) is 17.2 Å². The summed E-state index contributed by atoms with van der Waals surface area (Å²) in [6.45, 7) is 2.25. The van der Waals surface area contributed by atoms with Crippen LogP contribution in [0.2, 0.25) is 0 Å². The smallest absolute Gasteiger partial charge is 0.141 e. The Kier molecular flexibility index (Phi) is 3.15. The lowest BCUT2D eigenvalue weighted by atomic mass is 9.91. The second-order valence-electron chi connectivity index (χ2n) is 5.48. The van der Waals surface area contributed by atoms with Crippen LogP contribution in [0.4, 0.5) is 5.69 Å². The zero-order valence-electron chi connectivity index (χ0n) is 11.5. The molecule has 3 nitrogen and oxygen atoms in total. The molecule has 2 aromatic rings. The number of hydrogen-bond acceptors (Lipinski definition) is 3. The number of nitrogen functional groups attached to an aromatic ring is 1. The minimum absolute atomic E-state index is 0.419. The van der Waals surface area contributed by atoms with Gasteiger partial charge in [0.15, 0.2) is 0 Å². The van der Waals surface area contributed by atoms with Crippen molar-refractivity contribution < 1.29 is 0 Å². The molecule has 3 heteroatoms. The Hall–Kier alpha value is -2.34. The van der Waals surface area contributed by atoms with Gasteiger partial charge in [0.25, 0.3) is 0 Å². The second-order valence-corrected chi connectivity index (χ2v) is 5.48. The summed E-state index contributed by atoms with van der Waals surface area (Å²) in [4.78, 5) is 4.01. The van der Waals surface area contributed by atoms with Crippen LogP contribution >= 0.6 is 0 Å². The van der Waals surface area contributed by atoms with E-state index in [0.29, 0.717) is 11.6 Å². The Morgan fingerprint density at radius 1 is 1.35 bits per heavy atom. The van der Waals surface area contributed by atoms with E-state index in [1.165, 1.54) is 18.4 Å². The van der Waals surface area contributed by atoms with E-state index < -0.39 is 0 Å². The van der Waals surface area contributed by atoms with Gasteiger partial charge in [0.2, 0.25) is 0 Å². The van der Waals surface area contributed by atoms with Crippen molar-refractivity contribution in [2.75, 3.05) is 5.73 Å². The molecule has 0 aliphatic heterocycles. The average molecular weight is 263 g/mol. The minimum atomic E-state index is 0.419. The first-order valence-corrected chi connectivity index (χ1v) is 6.95. The highest BCUT2D eigenvalue weighted by atomic mass is 14.7. The summed E-state index contributed by atoms with van der Waals surface area (Å²) in [5.74, 6) is 1.28. The van der Waals surface area contributed by atoms with Crippen LogP contribution in [-0.4, -0.2) is 4.98 Å². The third kappa shape index (κ3) is 2.25. The molecular weight excluding hydrogens is 246 g/mol. The van der Waals surface area contributed by atoms with Crippen molar-refractivity contribution in [2.45, 2.75) is 25.7 Å². The summed E-state index contributed by atoms with van der Waals surface area (Å²) in [6, 6.07) is 11.9. The Labute approximate surface area is 119 Å². The molecule has 1 aromatic heterocycles. The fourth-order valence-electron chi connectivity index (χ4n) is 2.74. The van der Waals surface area contributed by atoms with E-state index in [9.17, 15) is 0 Å². The number of para-hydroxylation sites is 1. The van der Waals surface area contributed by atoms with Gasteiger partial charge in [0.1, 0.15) is 11.8 Å². The highest BCUT2D eigenvalue weighted by Crippen LogP contribution is 2.45. The normalized spacial score (nSPS) is 15.6. The number of rotatable bonds is 3. The third-order valence-electron chi connectivity index (χ3n) is 4.15. The molecule has 0 spiro atoms. The molecule has 0 saturated heterocycles. The number of nitrogens with two attached hydrogens (primary N) is 1. The highest BCUT2D eigenvalue weighted by Gasteiger charge is 2.30. The van der Waals surface area contributed by atoms with Crippen LogP contribution in [-0.2, 0) is 0 Å². The van der Waals surface area contributed by atoms with E-state index in [1.54, 1.807) is 12.3 Å². The number of pyridine rings is 1. The van der Waals surface area contributed by atoms with E-state index in [1.807, 2.05) is 18.2 Å². The van der Waals surface area contributed by atoms with Gasteiger partial charge in [0.05, 0.1) is 0 Å². The maximum atomic E-state index is 8.96. The first kappa shape index (κ1) is 12.7. The van der Waals surface area contributed by atoms with E-state index in [2.05, 4.69) is 24.0 Å². The Bertz CT molecular complexity index is 681. The molecule has 0 amide bonds. The Balaban J connectivity index is 2.05. The second kappa shape index (κ2) is 4.97. The minimum Gasteiger partial charge on any atom is -0.398 e. The van der Waals surface area contributed by atoms with Gasteiger partial charge < -0.3 is 5.73 Å². The van der Waals surface area contributed by atoms with Crippen LogP contribution in [0.3, 0.4) is 0 Å². The van der Waals surface area contributed by atoms with Crippen molar-refractivity contribution in [3.63, 3.8) is 0 Å². The van der Waals surface area contributed by atoms with Gasteiger partial charge in [-0.1, -0.05) is 25.1 Å². The maximum absolute atomic E-state index is 8.96. The zero-order valence-corrected chi connectivity index (χ0v) is 11.5. The molecule has 0 unspecified atom stereocenters. The van der Waals surface area contributed by atoms with E-state index in [-0.39, 0.29) is 0 Å². The molecule has 100 valence electrons. The lowest BCUT2D eigenvalue weighted by Gasteiger charge is -2.16. The SMILES string of the molecule is C[C@H](c1cccc(-c2ccnc(C#N)c2)c1N)C1CC1. The molecule has 20 heavy (non-hydrogen) atoms. The van der Waals surface area contributed by atoms with Gasteiger partial charge in [-0.25, -0.2) is 4.98 Å². The van der Waals surface area contributed by atoms with Crippen LogP contribution in [0.25, 0.3) is 11.1 Å². The molecule has 1 atom stereocenters. The van der Waals surface area contributed by atoms with Gasteiger partial charge in [0, 0.05) is 17.4 Å². The van der Waals surface area contributed by atoms with Gasteiger partial charge in [-0.2, -0.15) is 5.26 Å². The topological polar surface area (TPSA) is 62.7 Å². The number of nitrogens with zero attached hydrogens (tertiary/aromatic N) is 2. The van der Waals surface area contributed by atoms with Gasteiger partial charge in [-0.15, -0.1) is 0 Å². The van der Waals surface area contributed by atoms with Crippen LogP contribution in [0.1, 0.15) is 36.9 Å². The quantitative estimate of drug-likeness (QED) is 0.858. The molecular formula is C17H17N3. The van der Waals surface area contributed by atoms with E-state index in [4.69, 9.17) is 11.0 Å². The van der Waals surface area contributed by atoms with Crippen molar-refractivity contribution in [1.82, 2.24) is 4.98 Å². The molecule has 3 rings (SSSR count). The average Bonchev–Trinajstić information content (AvgIpc) is 3.31. The standard InChI is InChI=1S/C17H17N3/c1-11(12-5-6-12)15-3-2-4-16(17(15)19)13-7-8-20-14(9-13)10-18/h2-4,7-9,11-12H,5-6,19H2,1H3/t11-/m0/s1. The summed E-state index contributed by atoms with van der Waals surface area (Å²) in [5.41, 5.74) is 10.8. The lowest BCUT2D eigenvalue weighted by molar-refractivity contribution is 0.666. The summed E-state index contributed by atoms with van der Waals surface area (Å²) < 4.78 is 0. The first-order chi connectivity index (χ1) is 9.70. The summed E-state index contributed by atoms with van der Waals surface area (Å²) in [5, 5.41) is 8.96. The number of anilines is 1. The van der Waals surface area contributed by atoms with Crippen LogP contribution < -0.4 is 5.73 Å². The van der Waals surface area contributed by atoms with Crippen molar-refractivity contribution in [1.29, 1.82) is 5.26 Å². The van der Waals surface area contributed by atoms with E-state index >= 15 is 0 Å². The predicted molar refractivity (Wildman–Crippen MR) is 79.9 cm³/mol. The summed E-state index contributed by atoms with van der Waals surface area (Å²) >= 11 is 0. The van der Waals surface area contributed by atoms with Crippen LogP contribution in [0.15, 0.2) is 36.5 Å². The monoisotopic (exact) mass is 263 g/mol. The van der Waals surface area contributed by atoms with Crippen LogP contribution in [0.5, 0.6) is 0 Å². The molecule has 0 radical (unpaired) electrons. The molecule has 1 saturated carbocycles. The number of hydrogen-bond donors (Lipinski definition) is 1. The van der Waals surface area contributed by atoms with Crippen LogP contribution in [0, 0.1) is 17.2 Å². The Morgan fingerprint density at radius 3 is 2.85 bits per heavy atom. The van der Waals surface area contributed by atoms with Gasteiger partial charge in [-0.05, 0) is 47.9 Å². The van der Waals surface area contributed by atoms with Gasteiger partial charge in [-0.3, -0.25) is 0 Å². The largest absolute Gasteiger partial charge is 0.398 e. The zero-order chi connectivity index (χ0) is 14.1. The fraction of sp³-hybridized carbons (Fsp3) is 0.294. The number of aromatic nitrogens is 1. The first-order valence-electron chi connectivity index (χ1n) is 6.95. The van der Waals surface area contributed by atoms with E-state index in [0.717, 1.165) is 22.7 Å². The highest BCUT2D eigenvalue weighted by molar-refractivity contribution is 5.79. The van der Waals surface area contributed by atoms with Gasteiger partial charge >= 0.3 is 0 Å². The summed E-state index contributed by atoms with van der Waals surface area (Å²) in [7, 11) is 0. The third-order valence-corrected chi connectivity index (χ3v) is 4.15. The number of nitriles is 1. The van der Waals surface area contributed by atoms with Crippen molar-refractivity contribution in [3.05, 3.63) is 47.8 Å². The molecule has 2 N–H and O–H groups in total. The van der Waals surface area contributed by atoms with Crippen molar-refractivity contribution >= 4 is 5.69 Å². The number of benzene rings is 1. The molecule has 1 aliphatic rings. The maximum Gasteiger partial charge on any atom is 0.141 e. The molecule has 1 heterocycles. The molecule has 1 fully saturated rings. The molecule has 1 aromatic carbocycles.